The number of rotatable bonds is 8. The third-order valence-corrected chi connectivity index (χ3v) is 8.67. The molecule has 0 saturated carbocycles. The van der Waals surface area contributed by atoms with E-state index in [1.165, 1.54) is 28.7 Å². The van der Waals surface area contributed by atoms with Gasteiger partial charge in [0.05, 0.1) is 30.7 Å². The second-order valence-electron chi connectivity index (χ2n) is 9.27. The van der Waals surface area contributed by atoms with Crippen molar-refractivity contribution in [2.45, 2.75) is 42.4 Å². The molecule has 0 fully saturated rings. The first-order valence-corrected chi connectivity index (χ1v) is 14.4. The Balaban J connectivity index is 1.26. The number of nitriles is 1. The predicted molar refractivity (Wildman–Crippen MR) is 155 cm³/mol. The van der Waals surface area contributed by atoms with Crippen LogP contribution in [0.25, 0.3) is 11.3 Å². The molecule has 2 heterocycles. The minimum absolute atomic E-state index is 0.194. The largest absolute Gasteiger partial charge is 0.493 e. The van der Waals surface area contributed by atoms with Crippen LogP contribution in [-0.2, 0) is 17.6 Å². The number of hydrogen-bond acceptors (Lipinski definition) is 8. The molecule has 1 aliphatic carbocycles. The zero-order valence-corrected chi connectivity index (χ0v) is 23.6. The molecule has 0 aliphatic heterocycles. The minimum Gasteiger partial charge on any atom is -0.493 e. The molecule has 2 atom stereocenters. The molecule has 39 heavy (non-hydrogen) atoms. The number of nitrogens with zero attached hydrogens (tertiary/aromatic N) is 3. The van der Waals surface area contributed by atoms with Crippen LogP contribution in [0.5, 0.6) is 11.5 Å². The Morgan fingerprint density at radius 3 is 2.67 bits per heavy atom. The van der Waals surface area contributed by atoms with Gasteiger partial charge >= 0.3 is 0 Å². The number of nitrogens with one attached hydrogen (secondary N) is 1. The van der Waals surface area contributed by atoms with Gasteiger partial charge in [0, 0.05) is 16.6 Å². The van der Waals surface area contributed by atoms with Crippen molar-refractivity contribution in [1.82, 2.24) is 9.97 Å². The monoisotopic (exact) mass is 556 g/mol. The van der Waals surface area contributed by atoms with Crippen LogP contribution in [0, 0.1) is 11.3 Å². The maximum absolute atomic E-state index is 13.0. The Bertz CT molecular complexity index is 1530. The number of thioether (sulfide) groups is 1. The zero-order valence-electron chi connectivity index (χ0n) is 21.9. The Morgan fingerprint density at radius 1 is 1.13 bits per heavy atom. The number of methoxy groups -OCH3 is 2. The summed E-state index contributed by atoms with van der Waals surface area (Å²) in [5.74, 6) is 1.48. The molecular weight excluding hydrogens is 528 g/mol. The number of ether oxygens (including phenoxy) is 2. The Labute approximate surface area is 236 Å². The van der Waals surface area contributed by atoms with E-state index < -0.39 is 5.25 Å². The summed E-state index contributed by atoms with van der Waals surface area (Å²) >= 11 is 2.66. The number of hydrogen-bond donors (Lipinski definition) is 1. The van der Waals surface area contributed by atoms with Gasteiger partial charge in [-0.25, -0.2) is 9.97 Å². The van der Waals surface area contributed by atoms with Crippen molar-refractivity contribution in [3.8, 4) is 28.8 Å². The summed E-state index contributed by atoms with van der Waals surface area (Å²) in [6.07, 6.45) is 2.74. The highest BCUT2D eigenvalue weighted by Gasteiger charge is 2.25. The average Bonchev–Trinajstić information content (AvgIpc) is 3.44. The molecule has 0 saturated heterocycles. The van der Waals surface area contributed by atoms with Crippen LogP contribution in [0.2, 0.25) is 0 Å². The van der Waals surface area contributed by atoms with Crippen LogP contribution in [0.1, 0.15) is 41.6 Å². The first kappa shape index (κ1) is 26.7. The van der Waals surface area contributed by atoms with Crippen LogP contribution in [-0.4, -0.2) is 35.3 Å². The SMILES string of the molecule is COc1ccc(-c2csc(NC(=O)C(C)Sc3nc4c(cc3C#N)CC(c3ccccc3)CC4)n2)cc1OC. The topological polar surface area (TPSA) is 97.1 Å². The fourth-order valence-electron chi connectivity index (χ4n) is 4.71. The second kappa shape index (κ2) is 11.9. The molecule has 2 unspecified atom stereocenters. The number of carbonyl (C=O) groups is 1. The predicted octanol–water partition coefficient (Wildman–Crippen LogP) is 6.49. The summed E-state index contributed by atoms with van der Waals surface area (Å²) in [6.45, 7) is 1.82. The van der Waals surface area contributed by atoms with E-state index in [1.54, 1.807) is 14.2 Å². The zero-order chi connectivity index (χ0) is 27.4. The van der Waals surface area contributed by atoms with Gasteiger partial charge in [0.25, 0.3) is 0 Å². The maximum atomic E-state index is 13.0. The van der Waals surface area contributed by atoms with E-state index in [1.807, 2.05) is 42.6 Å². The molecule has 7 nitrogen and oxygen atoms in total. The quantitative estimate of drug-likeness (QED) is 0.248. The summed E-state index contributed by atoms with van der Waals surface area (Å²) in [6, 6.07) is 20.3. The number of benzene rings is 2. The van der Waals surface area contributed by atoms with Gasteiger partial charge in [0.1, 0.15) is 11.1 Å². The van der Waals surface area contributed by atoms with Gasteiger partial charge in [-0.05, 0) is 67.5 Å². The highest BCUT2D eigenvalue weighted by Crippen LogP contribution is 2.36. The summed E-state index contributed by atoms with van der Waals surface area (Å²) in [7, 11) is 3.18. The molecule has 0 spiro atoms. The molecular formula is C30H28N4O3S2. The van der Waals surface area contributed by atoms with Crippen molar-refractivity contribution >= 4 is 34.1 Å². The smallest absolute Gasteiger partial charge is 0.239 e. The second-order valence-corrected chi connectivity index (χ2v) is 11.5. The summed E-state index contributed by atoms with van der Waals surface area (Å²) in [4.78, 5) is 22.4. The van der Waals surface area contributed by atoms with Crippen LogP contribution < -0.4 is 14.8 Å². The van der Waals surface area contributed by atoms with Crippen LogP contribution in [0.15, 0.2) is 65.0 Å². The van der Waals surface area contributed by atoms with Crippen molar-refractivity contribution in [3.05, 3.63) is 82.4 Å². The van der Waals surface area contributed by atoms with Gasteiger partial charge in [-0.1, -0.05) is 42.1 Å². The first-order chi connectivity index (χ1) is 19.0. The molecule has 4 aromatic rings. The number of fused-ring (bicyclic) bond motifs is 1. The number of carbonyl (C=O) groups excluding carboxylic acids is 1. The lowest BCUT2D eigenvalue weighted by Crippen LogP contribution is -2.23. The molecule has 198 valence electrons. The van der Waals surface area contributed by atoms with E-state index in [4.69, 9.17) is 14.5 Å². The first-order valence-electron chi connectivity index (χ1n) is 12.6. The molecule has 5 rings (SSSR count). The van der Waals surface area contributed by atoms with Crippen molar-refractivity contribution in [2.75, 3.05) is 19.5 Å². The third kappa shape index (κ3) is 5.92. The normalized spacial score (nSPS) is 15.1. The summed E-state index contributed by atoms with van der Waals surface area (Å²) in [5.41, 5.74) is 5.57. The maximum Gasteiger partial charge on any atom is 0.239 e. The van der Waals surface area contributed by atoms with E-state index >= 15 is 0 Å². The fraction of sp³-hybridized carbons (Fsp3) is 0.267. The summed E-state index contributed by atoms with van der Waals surface area (Å²) < 4.78 is 10.7. The number of anilines is 1. The minimum atomic E-state index is -0.461. The lowest BCUT2D eigenvalue weighted by atomic mass is 9.82. The van der Waals surface area contributed by atoms with Gasteiger partial charge in [-0.15, -0.1) is 11.3 Å². The van der Waals surface area contributed by atoms with Gasteiger partial charge in [-0.3, -0.25) is 4.79 Å². The molecule has 2 aromatic heterocycles. The highest BCUT2D eigenvalue weighted by atomic mass is 32.2. The van der Waals surface area contributed by atoms with E-state index in [0.29, 0.717) is 33.1 Å². The fourth-order valence-corrected chi connectivity index (χ4v) is 6.33. The Hall–Kier alpha value is -3.87. The number of thiazole rings is 1. The third-order valence-electron chi connectivity index (χ3n) is 6.81. The van der Waals surface area contributed by atoms with Crippen molar-refractivity contribution in [2.24, 2.45) is 0 Å². The van der Waals surface area contributed by atoms with E-state index in [2.05, 4.69) is 40.6 Å². The van der Waals surface area contributed by atoms with Crippen molar-refractivity contribution < 1.29 is 14.3 Å². The molecule has 2 aromatic carbocycles. The van der Waals surface area contributed by atoms with Crippen molar-refractivity contribution in [3.63, 3.8) is 0 Å². The lowest BCUT2D eigenvalue weighted by Gasteiger charge is -2.25. The van der Waals surface area contributed by atoms with Crippen LogP contribution >= 0.6 is 23.1 Å². The van der Waals surface area contributed by atoms with Gasteiger partial charge in [-0.2, -0.15) is 5.26 Å². The number of amides is 1. The Kier molecular flexibility index (Phi) is 8.15. The summed E-state index contributed by atoms with van der Waals surface area (Å²) in [5, 5.41) is 15.3. The van der Waals surface area contributed by atoms with Gasteiger partial charge in [0.2, 0.25) is 5.91 Å². The molecule has 1 aliphatic rings. The average molecular weight is 557 g/mol. The standard InChI is InChI=1S/C30H28N4O3S2/c1-18(28(35)34-30-33-25(17-38-30)21-10-12-26(36-2)27(15-21)37-3)39-29-23(16-31)14-22-13-20(9-11-24(22)32-29)19-7-5-4-6-8-19/h4-8,10,12,14-15,17-18,20H,9,11,13H2,1-3H3,(H,33,34,35). The van der Waals surface area contributed by atoms with E-state index in [-0.39, 0.29) is 5.91 Å². The molecule has 0 radical (unpaired) electrons. The highest BCUT2D eigenvalue weighted by molar-refractivity contribution is 8.00. The lowest BCUT2D eigenvalue weighted by molar-refractivity contribution is -0.115. The Morgan fingerprint density at radius 2 is 1.92 bits per heavy atom. The van der Waals surface area contributed by atoms with Crippen molar-refractivity contribution in [1.29, 1.82) is 5.26 Å². The van der Waals surface area contributed by atoms with Gasteiger partial charge < -0.3 is 14.8 Å². The number of aryl methyl sites for hydroxylation is 1. The molecule has 1 amide bonds. The van der Waals surface area contributed by atoms with Crippen LogP contribution in [0.4, 0.5) is 5.13 Å². The molecule has 9 heteroatoms. The number of aromatic nitrogens is 2. The van der Waals surface area contributed by atoms with E-state index in [0.717, 1.165) is 41.8 Å². The van der Waals surface area contributed by atoms with E-state index in [9.17, 15) is 10.1 Å². The van der Waals surface area contributed by atoms with Crippen LogP contribution in [0.3, 0.4) is 0 Å². The molecule has 1 N–H and O–H groups in total. The number of pyridine rings is 1. The molecule has 0 bridgehead atoms. The van der Waals surface area contributed by atoms with Gasteiger partial charge in [0.15, 0.2) is 16.6 Å².